The van der Waals surface area contributed by atoms with Crippen molar-refractivity contribution in [3.05, 3.63) is 35.9 Å². The lowest BCUT2D eigenvalue weighted by Crippen LogP contribution is -2.33. The Kier molecular flexibility index (Phi) is 7.83. The maximum atomic E-state index is 5.84. The molecule has 21 heavy (non-hydrogen) atoms. The average molecular weight is 289 g/mol. The number of benzene rings is 1. The van der Waals surface area contributed by atoms with Crippen LogP contribution in [0.3, 0.4) is 0 Å². The third-order valence-electron chi connectivity index (χ3n) is 4.55. The fourth-order valence-corrected chi connectivity index (χ4v) is 3.34. The highest BCUT2D eigenvalue weighted by molar-refractivity contribution is 5.14. The van der Waals surface area contributed by atoms with Gasteiger partial charge in [-0.15, -0.1) is 0 Å². The SMILES string of the molecule is CCCNC1CCCC1CCOCCCc1ccccc1. The van der Waals surface area contributed by atoms with E-state index in [1.54, 1.807) is 0 Å². The molecule has 0 spiro atoms. The van der Waals surface area contributed by atoms with Crippen molar-refractivity contribution in [2.45, 2.75) is 57.9 Å². The first kappa shape index (κ1) is 16.5. The standard InChI is InChI=1S/C19H31NO/c1-2-14-20-19-12-6-11-18(19)13-16-21-15-7-10-17-8-4-3-5-9-17/h3-5,8-9,18-20H,2,6-7,10-16H2,1H3. The normalized spacial score (nSPS) is 21.8. The molecule has 2 unspecified atom stereocenters. The quantitative estimate of drug-likeness (QED) is 0.652. The summed E-state index contributed by atoms with van der Waals surface area (Å²) >= 11 is 0. The minimum absolute atomic E-state index is 0.748. The smallest absolute Gasteiger partial charge is 0.0469 e. The van der Waals surface area contributed by atoms with Crippen molar-refractivity contribution in [1.82, 2.24) is 5.32 Å². The van der Waals surface area contributed by atoms with Crippen LogP contribution in [-0.4, -0.2) is 25.8 Å². The van der Waals surface area contributed by atoms with Crippen LogP contribution in [0.4, 0.5) is 0 Å². The Morgan fingerprint density at radius 2 is 2.00 bits per heavy atom. The van der Waals surface area contributed by atoms with Gasteiger partial charge in [0.2, 0.25) is 0 Å². The van der Waals surface area contributed by atoms with E-state index in [1.165, 1.54) is 44.2 Å². The van der Waals surface area contributed by atoms with Gasteiger partial charge in [-0.3, -0.25) is 0 Å². The molecule has 1 aliphatic carbocycles. The molecule has 1 saturated carbocycles. The van der Waals surface area contributed by atoms with Crippen molar-refractivity contribution in [1.29, 1.82) is 0 Å². The molecule has 0 amide bonds. The van der Waals surface area contributed by atoms with Crippen LogP contribution in [0.15, 0.2) is 30.3 Å². The Morgan fingerprint density at radius 1 is 1.14 bits per heavy atom. The lowest BCUT2D eigenvalue weighted by atomic mass is 10.00. The lowest BCUT2D eigenvalue weighted by Gasteiger charge is -2.20. The van der Waals surface area contributed by atoms with Gasteiger partial charge in [-0.05, 0) is 56.6 Å². The van der Waals surface area contributed by atoms with E-state index in [-0.39, 0.29) is 0 Å². The van der Waals surface area contributed by atoms with E-state index < -0.39 is 0 Å². The molecule has 0 bridgehead atoms. The topological polar surface area (TPSA) is 21.3 Å². The molecule has 1 aromatic rings. The molecule has 0 aromatic heterocycles. The Hall–Kier alpha value is -0.860. The van der Waals surface area contributed by atoms with Crippen LogP contribution in [0.2, 0.25) is 0 Å². The molecule has 0 radical (unpaired) electrons. The Balaban J connectivity index is 1.51. The summed E-state index contributed by atoms with van der Waals surface area (Å²) in [7, 11) is 0. The molecule has 2 nitrogen and oxygen atoms in total. The summed E-state index contributed by atoms with van der Waals surface area (Å²) < 4.78 is 5.84. The minimum atomic E-state index is 0.748. The summed E-state index contributed by atoms with van der Waals surface area (Å²) in [5.74, 6) is 0.839. The Morgan fingerprint density at radius 3 is 2.81 bits per heavy atom. The van der Waals surface area contributed by atoms with Gasteiger partial charge >= 0.3 is 0 Å². The molecule has 0 saturated heterocycles. The molecule has 1 aliphatic rings. The van der Waals surface area contributed by atoms with E-state index in [0.29, 0.717) is 0 Å². The predicted molar refractivity (Wildman–Crippen MR) is 89.6 cm³/mol. The van der Waals surface area contributed by atoms with Crippen molar-refractivity contribution in [2.24, 2.45) is 5.92 Å². The van der Waals surface area contributed by atoms with Crippen molar-refractivity contribution >= 4 is 0 Å². The number of nitrogens with one attached hydrogen (secondary N) is 1. The monoisotopic (exact) mass is 289 g/mol. The molecule has 2 heteroatoms. The number of hydrogen-bond donors (Lipinski definition) is 1. The Bertz CT molecular complexity index is 365. The molecule has 0 heterocycles. The third kappa shape index (κ3) is 6.19. The van der Waals surface area contributed by atoms with Crippen LogP contribution in [0.1, 0.15) is 51.0 Å². The molecule has 2 atom stereocenters. The summed E-state index contributed by atoms with van der Waals surface area (Å²) in [6.45, 7) is 5.24. The summed E-state index contributed by atoms with van der Waals surface area (Å²) in [4.78, 5) is 0. The first-order valence-electron chi connectivity index (χ1n) is 8.75. The second-order valence-corrected chi connectivity index (χ2v) is 6.24. The van der Waals surface area contributed by atoms with E-state index in [2.05, 4.69) is 42.6 Å². The van der Waals surface area contributed by atoms with Crippen LogP contribution in [0, 0.1) is 5.92 Å². The maximum Gasteiger partial charge on any atom is 0.0469 e. The first-order chi connectivity index (χ1) is 10.4. The second kappa shape index (κ2) is 9.97. The van der Waals surface area contributed by atoms with Crippen molar-refractivity contribution in [3.8, 4) is 0 Å². The van der Waals surface area contributed by atoms with E-state index in [4.69, 9.17) is 4.74 Å². The zero-order valence-corrected chi connectivity index (χ0v) is 13.5. The van der Waals surface area contributed by atoms with Gasteiger partial charge in [-0.25, -0.2) is 0 Å². The van der Waals surface area contributed by atoms with Crippen molar-refractivity contribution < 1.29 is 4.74 Å². The molecule has 118 valence electrons. The van der Waals surface area contributed by atoms with Crippen LogP contribution < -0.4 is 5.32 Å². The molecule has 0 aliphatic heterocycles. The van der Waals surface area contributed by atoms with Gasteiger partial charge in [-0.2, -0.15) is 0 Å². The van der Waals surface area contributed by atoms with Gasteiger partial charge in [-0.1, -0.05) is 43.7 Å². The average Bonchev–Trinajstić information content (AvgIpc) is 2.97. The largest absolute Gasteiger partial charge is 0.381 e. The van der Waals surface area contributed by atoms with Crippen LogP contribution in [-0.2, 0) is 11.2 Å². The highest BCUT2D eigenvalue weighted by Crippen LogP contribution is 2.28. The lowest BCUT2D eigenvalue weighted by molar-refractivity contribution is 0.115. The summed E-state index contributed by atoms with van der Waals surface area (Å²) in [6.07, 6.45) is 8.86. The van der Waals surface area contributed by atoms with Gasteiger partial charge in [0.1, 0.15) is 0 Å². The van der Waals surface area contributed by atoms with Crippen molar-refractivity contribution in [2.75, 3.05) is 19.8 Å². The number of ether oxygens (including phenoxy) is 1. The van der Waals surface area contributed by atoms with Gasteiger partial charge in [0, 0.05) is 19.3 Å². The number of aryl methyl sites for hydroxylation is 1. The van der Waals surface area contributed by atoms with Gasteiger partial charge in [0.25, 0.3) is 0 Å². The van der Waals surface area contributed by atoms with E-state index in [0.717, 1.165) is 38.0 Å². The summed E-state index contributed by atoms with van der Waals surface area (Å²) in [5.41, 5.74) is 1.42. The fourth-order valence-electron chi connectivity index (χ4n) is 3.34. The zero-order valence-electron chi connectivity index (χ0n) is 13.5. The Labute approximate surface area is 130 Å². The third-order valence-corrected chi connectivity index (χ3v) is 4.55. The maximum absolute atomic E-state index is 5.84. The molecule has 2 rings (SSSR count). The second-order valence-electron chi connectivity index (χ2n) is 6.24. The molecule has 1 fully saturated rings. The number of hydrogen-bond acceptors (Lipinski definition) is 2. The van der Waals surface area contributed by atoms with E-state index >= 15 is 0 Å². The fraction of sp³-hybridized carbons (Fsp3) is 0.684. The van der Waals surface area contributed by atoms with Crippen LogP contribution in [0.25, 0.3) is 0 Å². The molecular formula is C19H31NO. The zero-order chi connectivity index (χ0) is 14.8. The highest BCUT2D eigenvalue weighted by Gasteiger charge is 2.25. The van der Waals surface area contributed by atoms with Gasteiger partial charge in [0.05, 0.1) is 0 Å². The van der Waals surface area contributed by atoms with Crippen LogP contribution in [0.5, 0.6) is 0 Å². The van der Waals surface area contributed by atoms with E-state index in [9.17, 15) is 0 Å². The predicted octanol–water partition coefficient (Wildman–Crippen LogP) is 4.19. The highest BCUT2D eigenvalue weighted by atomic mass is 16.5. The minimum Gasteiger partial charge on any atom is -0.381 e. The molecule has 1 aromatic carbocycles. The molecular weight excluding hydrogens is 258 g/mol. The van der Waals surface area contributed by atoms with Crippen LogP contribution >= 0.6 is 0 Å². The first-order valence-corrected chi connectivity index (χ1v) is 8.75. The summed E-state index contributed by atoms with van der Waals surface area (Å²) in [5, 5.41) is 3.70. The van der Waals surface area contributed by atoms with E-state index in [1.807, 2.05) is 0 Å². The summed E-state index contributed by atoms with van der Waals surface area (Å²) in [6, 6.07) is 11.4. The van der Waals surface area contributed by atoms with Gasteiger partial charge < -0.3 is 10.1 Å². The number of rotatable bonds is 10. The van der Waals surface area contributed by atoms with Crippen molar-refractivity contribution in [3.63, 3.8) is 0 Å². The molecule has 1 N–H and O–H groups in total. The van der Waals surface area contributed by atoms with Gasteiger partial charge in [0.15, 0.2) is 0 Å².